The number of hydrogen-bond donors (Lipinski definition) is 2. The maximum Gasteiger partial charge on any atom is 0.0933 e. The van der Waals surface area contributed by atoms with Crippen LogP contribution in [-0.2, 0) is 9.47 Å². The topological polar surface area (TPSA) is 54.0 Å². The lowest BCUT2D eigenvalue weighted by molar-refractivity contribution is -0.103. The Morgan fingerprint density at radius 3 is 2.86 bits per heavy atom. The number of ether oxygens (including phenoxy) is 2. The molecule has 5 heteroatoms. The molecule has 3 unspecified atom stereocenters. The van der Waals surface area contributed by atoms with Gasteiger partial charge in [-0.2, -0.15) is 0 Å². The zero-order valence-corrected chi connectivity index (χ0v) is 13.8. The smallest absolute Gasteiger partial charge is 0.0933 e. The van der Waals surface area contributed by atoms with Crippen LogP contribution in [0.2, 0.25) is 0 Å². The molecule has 0 amide bonds. The largest absolute Gasteiger partial charge is 0.394 e. The van der Waals surface area contributed by atoms with Gasteiger partial charge in [0.1, 0.15) is 0 Å². The van der Waals surface area contributed by atoms with Gasteiger partial charge >= 0.3 is 0 Å². The first-order chi connectivity index (χ1) is 10.0. The number of hydrogen-bond acceptors (Lipinski definition) is 5. The second kappa shape index (κ2) is 7.88. The molecule has 2 rings (SSSR count). The van der Waals surface area contributed by atoms with Crippen molar-refractivity contribution in [3.8, 4) is 0 Å². The van der Waals surface area contributed by atoms with Crippen LogP contribution in [0.15, 0.2) is 0 Å². The molecule has 0 saturated carbocycles. The molecule has 2 heterocycles. The maximum absolute atomic E-state index is 9.35. The third-order valence-corrected chi connectivity index (χ3v) is 4.67. The van der Waals surface area contributed by atoms with Crippen LogP contribution >= 0.6 is 0 Å². The summed E-state index contributed by atoms with van der Waals surface area (Å²) in [6.07, 6.45) is 2.31. The highest BCUT2D eigenvalue weighted by molar-refractivity contribution is 4.90. The Bertz CT molecular complexity index is 306. The molecule has 21 heavy (non-hydrogen) atoms. The van der Waals surface area contributed by atoms with E-state index in [0.29, 0.717) is 18.7 Å². The van der Waals surface area contributed by atoms with Crippen LogP contribution < -0.4 is 5.32 Å². The van der Waals surface area contributed by atoms with E-state index in [1.807, 2.05) is 0 Å². The van der Waals surface area contributed by atoms with E-state index in [-0.39, 0.29) is 18.1 Å². The summed E-state index contributed by atoms with van der Waals surface area (Å²) in [5, 5.41) is 13.0. The van der Waals surface area contributed by atoms with E-state index in [1.165, 1.54) is 6.42 Å². The lowest BCUT2D eigenvalue weighted by Gasteiger charge is -2.46. The monoisotopic (exact) mass is 300 g/mol. The summed E-state index contributed by atoms with van der Waals surface area (Å²) in [4.78, 5) is 2.47. The van der Waals surface area contributed by atoms with Gasteiger partial charge in [-0.05, 0) is 19.8 Å². The first kappa shape index (κ1) is 17.2. The number of nitrogens with zero attached hydrogens (tertiary/aromatic N) is 1. The normalized spacial score (nSPS) is 35.3. The number of morpholine rings is 1. The minimum Gasteiger partial charge on any atom is -0.394 e. The maximum atomic E-state index is 9.35. The SMILES string of the molecule is CC(C)NCC1(CN2CC(CO)OCC2C)CCCOC1. The molecule has 2 aliphatic heterocycles. The predicted octanol–water partition coefficient (Wildman–Crippen LogP) is 0.863. The van der Waals surface area contributed by atoms with Crippen molar-refractivity contribution in [3.63, 3.8) is 0 Å². The third-order valence-electron chi connectivity index (χ3n) is 4.67. The van der Waals surface area contributed by atoms with Gasteiger partial charge in [-0.3, -0.25) is 4.90 Å². The van der Waals surface area contributed by atoms with E-state index >= 15 is 0 Å². The molecule has 2 saturated heterocycles. The van der Waals surface area contributed by atoms with Gasteiger partial charge in [-0.1, -0.05) is 13.8 Å². The van der Waals surface area contributed by atoms with E-state index in [9.17, 15) is 5.11 Å². The standard InChI is InChI=1S/C16H32N2O3/c1-13(2)17-10-16(5-4-6-20-12-16)11-18-7-15(8-19)21-9-14(18)3/h13-15,17,19H,4-12H2,1-3H3. The van der Waals surface area contributed by atoms with Crippen LogP contribution in [0.1, 0.15) is 33.6 Å². The molecule has 0 aromatic carbocycles. The van der Waals surface area contributed by atoms with Crippen LogP contribution in [0, 0.1) is 5.41 Å². The van der Waals surface area contributed by atoms with Crippen molar-refractivity contribution < 1.29 is 14.6 Å². The van der Waals surface area contributed by atoms with Crippen molar-refractivity contribution in [1.29, 1.82) is 0 Å². The molecule has 0 bridgehead atoms. The average molecular weight is 300 g/mol. The van der Waals surface area contributed by atoms with E-state index < -0.39 is 0 Å². The highest BCUT2D eigenvalue weighted by Crippen LogP contribution is 2.31. The zero-order chi connectivity index (χ0) is 15.3. The van der Waals surface area contributed by atoms with Crippen LogP contribution in [-0.4, -0.2) is 74.3 Å². The van der Waals surface area contributed by atoms with Gasteiger partial charge in [0, 0.05) is 43.7 Å². The molecule has 3 atom stereocenters. The Hall–Kier alpha value is -0.200. The van der Waals surface area contributed by atoms with Crippen molar-refractivity contribution >= 4 is 0 Å². The van der Waals surface area contributed by atoms with E-state index in [0.717, 1.165) is 39.3 Å². The highest BCUT2D eigenvalue weighted by Gasteiger charge is 2.37. The fourth-order valence-corrected chi connectivity index (χ4v) is 3.29. The fourth-order valence-electron chi connectivity index (χ4n) is 3.29. The molecule has 0 radical (unpaired) electrons. The summed E-state index contributed by atoms with van der Waals surface area (Å²) < 4.78 is 11.5. The van der Waals surface area contributed by atoms with Crippen molar-refractivity contribution in [2.75, 3.05) is 46.1 Å². The van der Waals surface area contributed by atoms with Crippen LogP contribution in [0.3, 0.4) is 0 Å². The second-order valence-electron chi connectivity index (χ2n) is 7.11. The Labute approximate surface area is 129 Å². The average Bonchev–Trinajstić information content (AvgIpc) is 2.49. The quantitative estimate of drug-likeness (QED) is 0.762. The molecule has 2 N–H and O–H groups in total. The van der Waals surface area contributed by atoms with Crippen LogP contribution in [0.25, 0.3) is 0 Å². The zero-order valence-electron chi connectivity index (χ0n) is 13.8. The minimum absolute atomic E-state index is 0.0409. The first-order valence-electron chi connectivity index (χ1n) is 8.32. The summed E-state index contributed by atoms with van der Waals surface area (Å²) in [6.45, 7) is 12.0. The lowest BCUT2D eigenvalue weighted by atomic mass is 9.81. The number of rotatable bonds is 6. The highest BCUT2D eigenvalue weighted by atomic mass is 16.5. The predicted molar refractivity (Wildman–Crippen MR) is 83.5 cm³/mol. The van der Waals surface area contributed by atoms with Gasteiger partial charge in [0.15, 0.2) is 0 Å². The van der Waals surface area contributed by atoms with Crippen molar-refractivity contribution in [3.05, 3.63) is 0 Å². The van der Waals surface area contributed by atoms with Crippen LogP contribution in [0.4, 0.5) is 0 Å². The Morgan fingerprint density at radius 1 is 1.43 bits per heavy atom. The van der Waals surface area contributed by atoms with Crippen molar-refractivity contribution in [2.45, 2.75) is 51.8 Å². The van der Waals surface area contributed by atoms with Crippen molar-refractivity contribution in [2.24, 2.45) is 5.41 Å². The molecule has 124 valence electrons. The summed E-state index contributed by atoms with van der Waals surface area (Å²) in [7, 11) is 0. The molecule has 0 aromatic rings. The summed E-state index contributed by atoms with van der Waals surface area (Å²) >= 11 is 0. The summed E-state index contributed by atoms with van der Waals surface area (Å²) in [5.74, 6) is 0. The Kier molecular flexibility index (Phi) is 6.44. The molecular formula is C16H32N2O3. The molecule has 0 aliphatic carbocycles. The number of aliphatic hydroxyl groups excluding tert-OH is 1. The lowest BCUT2D eigenvalue weighted by Crippen LogP contribution is -2.56. The van der Waals surface area contributed by atoms with E-state index in [1.54, 1.807) is 0 Å². The molecule has 2 fully saturated rings. The van der Waals surface area contributed by atoms with Gasteiger partial charge < -0.3 is 19.9 Å². The molecular weight excluding hydrogens is 268 g/mol. The second-order valence-corrected chi connectivity index (χ2v) is 7.11. The van der Waals surface area contributed by atoms with Gasteiger partial charge in [0.05, 0.1) is 25.9 Å². The Balaban J connectivity index is 1.99. The van der Waals surface area contributed by atoms with Gasteiger partial charge in [0.2, 0.25) is 0 Å². The molecule has 0 aromatic heterocycles. The fraction of sp³-hybridized carbons (Fsp3) is 1.00. The summed E-state index contributed by atoms with van der Waals surface area (Å²) in [5.41, 5.74) is 0.189. The molecule has 5 nitrogen and oxygen atoms in total. The van der Waals surface area contributed by atoms with E-state index in [2.05, 4.69) is 31.0 Å². The Morgan fingerprint density at radius 2 is 2.24 bits per heavy atom. The first-order valence-corrected chi connectivity index (χ1v) is 8.32. The van der Waals surface area contributed by atoms with Crippen molar-refractivity contribution in [1.82, 2.24) is 10.2 Å². The summed E-state index contributed by atoms with van der Waals surface area (Å²) in [6, 6.07) is 0.904. The van der Waals surface area contributed by atoms with Gasteiger partial charge in [0.25, 0.3) is 0 Å². The van der Waals surface area contributed by atoms with E-state index in [4.69, 9.17) is 9.47 Å². The van der Waals surface area contributed by atoms with Gasteiger partial charge in [-0.25, -0.2) is 0 Å². The molecule has 0 spiro atoms. The minimum atomic E-state index is -0.0409. The van der Waals surface area contributed by atoms with Crippen LogP contribution in [0.5, 0.6) is 0 Å². The van der Waals surface area contributed by atoms with Gasteiger partial charge in [-0.15, -0.1) is 0 Å². The number of aliphatic hydroxyl groups is 1. The third kappa shape index (κ3) is 4.89. The molecule has 2 aliphatic rings. The number of nitrogens with one attached hydrogen (secondary N) is 1.